The van der Waals surface area contributed by atoms with Crippen LogP contribution in [-0.4, -0.2) is 5.84 Å². The lowest BCUT2D eigenvalue weighted by molar-refractivity contribution is 0.621. The van der Waals surface area contributed by atoms with Crippen LogP contribution in [0.3, 0.4) is 0 Å². The molecule has 0 saturated carbocycles. The molecule has 25 heavy (non-hydrogen) atoms. The van der Waals surface area contributed by atoms with Crippen molar-refractivity contribution >= 4 is 5.84 Å². The van der Waals surface area contributed by atoms with E-state index in [4.69, 9.17) is 16.0 Å². The molecule has 0 radical (unpaired) electrons. The first kappa shape index (κ1) is 15.2. The van der Waals surface area contributed by atoms with Gasteiger partial charge < -0.3 is 5.73 Å². The number of benzene rings is 3. The predicted octanol–water partition coefficient (Wildman–Crippen LogP) is 4.21. The average molecular weight is 323 g/mol. The molecule has 3 aromatic rings. The van der Waals surface area contributed by atoms with Gasteiger partial charge in [0.2, 0.25) is 0 Å². The first-order valence-corrected chi connectivity index (χ1v) is 8.18. The third kappa shape index (κ3) is 2.40. The summed E-state index contributed by atoms with van der Waals surface area (Å²) >= 11 is 0. The maximum absolute atomic E-state index is 9.13. The lowest BCUT2D eigenvalue weighted by Crippen LogP contribution is -2.18. The SMILES string of the molecule is CC1(c2cccc(-c3cccc(C#N)c3)c2)N=C(N)c2ccccc21. The Kier molecular flexibility index (Phi) is 3.40. The van der Waals surface area contributed by atoms with Crippen LogP contribution in [0.15, 0.2) is 77.8 Å². The number of hydrogen-bond acceptors (Lipinski definition) is 3. The van der Waals surface area contributed by atoms with Gasteiger partial charge in [0.1, 0.15) is 11.4 Å². The highest BCUT2D eigenvalue weighted by molar-refractivity contribution is 6.02. The molecule has 3 nitrogen and oxygen atoms in total. The molecule has 3 heteroatoms. The minimum absolute atomic E-state index is 0.497. The summed E-state index contributed by atoms with van der Waals surface area (Å²) in [5.74, 6) is 0.579. The predicted molar refractivity (Wildman–Crippen MR) is 100 cm³/mol. The number of nitrogens with two attached hydrogens (primary N) is 1. The van der Waals surface area contributed by atoms with Crippen LogP contribution in [0.25, 0.3) is 11.1 Å². The fraction of sp³-hybridized carbons (Fsp3) is 0.0909. The third-order valence-electron chi connectivity index (χ3n) is 4.82. The van der Waals surface area contributed by atoms with E-state index in [0.717, 1.165) is 27.8 Å². The summed E-state index contributed by atoms with van der Waals surface area (Å²) in [4.78, 5) is 4.77. The molecule has 3 aromatic carbocycles. The zero-order chi connectivity index (χ0) is 17.4. The maximum Gasteiger partial charge on any atom is 0.127 e. The minimum Gasteiger partial charge on any atom is -0.383 e. The lowest BCUT2D eigenvalue weighted by atomic mass is 9.83. The summed E-state index contributed by atoms with van der Waals surface area (Å²) in [6.45, 7) is 2.09. The summed E-state index contributed by atoms with van der Waals surface area (Å²) in [5.41, 5.74) is 11.6. The molecule has 1 unspecified atom stereocenters. The number of amidine groups is 1. The molecular weight excluding hydrogens is 306 g/mol. The van der Waals surface area contributed by atoms with E-state index >= 15 is 0 Å². The van der Waals surface area contributed by atoms with Gasteiger partial charge in [-0.15, -0.1) is 0 Å². The van der Waals surface area contributed by atoms with Crippen molar-refractivity contribution in [1.82, 2.24) is 0 Å². The van der Waals surface area contributed by atoms with Crippen molar-refractivity contribution < 1.29 is 0 Å². The van der Waals surface area contributed by atoms with Gasteiger partial charge in [0.25, 0.3) is 0 Å². The summed E-state index contributed by atoms with van der Waals surface area (Å²) in [5, 5.41) is 9.13. The molecule has 1 heterocycles. The Morgan fingerprint density at radius 2 is 1.64 bits per heavy atom. The summed E-state index contributed by atoms with van der Waals surface area (Å²) in [6.07, 6.45) is 0. The number of nitriles is 1. The van der Waals surface area contributed by atoms with Gasteiger partial charge in [0, 0.05) is 5.56 Å². The molecule has 1 atom stereocenters. The van der Waals surface area contributed by atoms with E-state index in [2.05, 4.69) is 37.3 Å². The standard InChI is InChI=1S/C22H17N3/c1-22(20-11-3-2-10-19(20)21(24)25-22)18-9-5-8-17(13-18)16-7-4-6-15(12-16)14-23/h2-13H,1H3,(H2,24,25). The van der Waals surface area contributed by atoms with E-state index in [9.17, 15) is 0 Å². The number of aliphatic imine (C=N–C) groups is 1. The molecule has 120 valence electrons. The second-order valence-electron chi connectivity index (χ2n) is 6.39. The Morgan fingerprint density at radius 1 is 0.920 bits per heavy atom. The second-order valence-corrected chi connectivity index (χ2v) is 6.39. The van der Waals surface area contributed by atoms with Crippen molar-refractivity contribution in [3.05, 3.63) is 95.1 Å². The Balaban J connectivity index is 1.85. The van der Waals surface area contributed by atoms with E-state index in [-0.39, 0.29) is 0 Å². The average Bonchev–Trinajstić information content (AvgIpc) is 2.94. The Bertz CT molecular complexity index is 1040. The van der Waals surface area contributed by atoms with E-state index in [1.807, 2.05) is 48.5 Å². The molecular formula is C22H17N3. The summed E-state index contributed by atoms with van der Waals surface area (Å²) in [6, 6.07) is 26.2. The van der Waals surface area contributed by atoms with E-state index in [1.165, 1.54) is 0 Å². The molecule has 0 spiro atoms. The number of nitrogens with zero attached hydrogens (tertiary/aromatic N) is 2. The molecule has 0 aromatic heterocycles. The van der Waals surface area contributed by atoms with Crippen molar-refractivity contribution in [2.75, 3.05) is 0 Å². The largest absolute Gasteiger partial charge is 0.383 e. The first-order chi connectivity index (χ1) is 12.1. The van der Waals surface area contributed by atoms with Gasteiger partial charge in [-0.3, -0.25) is 4.99 Å². The Hall–Kier alpha value is -3.38. The van der Waals surface area contributed by atoms with Gasteiger partial charge in [-0.25, -0.2) is 0 Å². The molecule has 4 rings (SSSR count). The second kappa shape index (κ2) is 5.61. The van der Waals surface area contributed by atoms with Crippen molar-refractivity contribution in [1.29, 1.82) is 5.26 Å². The number of rotatable bonds is 2. The highest BCUT2D eigenvalue weighted by atomic mass is 15.0. The topological polar surface area (TPSA) is 62.2 Å². The monoisotopic (exact) mass is 323 g/mol. The fourth-order valence-electron chi connectivity index (χ4n) is 3.48. The number of hydrogen-bond donors (Lipinski definition) is 1. The van der Waals surface area contributed by atoms with E-state index < -0.39 is 5.54 Å². The Morgan fingerprint density at radius 3 is 2.44 bits per heavy atom. The molecule has 0 bridgehead atoms. The van der Waals surface area contributed by atoms with Crippen LogP contribution in [0, 0.1) is 11.3 Å². The van der Waals surface area contributed by atoms with E-state index in [1.54, 1.807) is 0 Å². The molecule has 0 amide bonds. The van der Waals surface area contributed by atoms with Crippen LogP contribution >= 0.6 is 0 Å². The summed E-state index contributed by atoms with van der Waals surface area (Å²) in [7, 11) is 0. The fourth-order valence-corrected chi connectivity index (χ4v) is 3.48. The van der Waals surface area contributed by atoms with Crippen LogP contribution in [0.1, 0.15) is 29.2 Å². The quantitative estimate of drug-likeness (QED) is 0.768. The van der Waals surface area contributed by atoms with Gasteiger partial charge in [0.05, 0.1) is 11.6 Å². The maximum atomic E-state index is 9.13. The highest BCUT2D eigenvalue weighted by Gasteiger charge is 2.36. The lowest BCUT2D eigenvalue weighted by Gasteiger charge is -2.24. The molecule has 1 aliphatic rings. The van der Waals surface area contributed by atoms with Crippen LogP contribution < -0.4 is 5.73 Å². The molecule has 0 saturated heterocycles. The zero-order valence-corrected chi connectivity index (χ0v) is 13.9. The normalized spacial score (nSPS) is 18.3. The zero-order valence-electron chi connectivity index (χ0n) is 13.9. The number of fused-ring (bicyclic) bond motifs is 1. The van der Waals surface area contributed by atoms with Crippen LogP contribution in [0.5, 0.6) is 0 Å². The van der Waals surface area contributed by atoms with Crippen molar-refractivity contribution in [3.63, 3.8) is 0 Å². The highest BCUT2D eigenvalue weighted by Crippen LogP contribution is 2.41. The smallest absolute Gasteiger partial charge is 0.127 e. The van der Waals surface area contributed by atoms with Gasteiger partial charge in [0.15, 0.2) is 0 Å². The van der Waals surface area contributed by atoms with Crippen LogP contribution in [0.4, 0.5) is 0 Å². The molecule has 1 aliphatic heterocycles. The Labute approximate surface area is 147 Å². The van der Waals surface area contributed by atoms with Gasteiger partial charge >= 0.3 is 0 Å². The van der Waals surface area contributed by atoms with Crippen LogP contribution in [0.2, 0.25) is 0 Å². The van der Waals surface area contributed by atoms with Crippen LogP contribution in [-0.2, 0) is 5.54 Å². The minimum atomic E-state index is -0.497. The summed E-state index contributed by atoms with van der Waals surface area (Å²) < 4.78 is 0. The van der Waals surface area contributed by atoms with Crippen molar-refractivity contribution in [2.45, 2.75) is 12.5 Å². The first-order valence-electron chi connectivity index (χ1n) is 8.18. The third-order valence-corrected chi connectivity index (χ3v) is 4.82. The van der Waals surface area contributed by atoms with E-state index in [0.29, 0.717) is 11.4 Å². The van der Waals surface area contributed by atoms with Gasteiger partial charge in [-0.05, 0) is 47.4 Å². The van der Waals surface area contributed by atoms with Gasteiger partial charge in [-0.1, -0.05) is 54.6 Å². The van der Waals surface area contributed by atoms with Gasteiger partial charge in [-0.2, -0.15) is 5.26 Å². The van der Waals surface area contributed by atoms with Crippen molar-refractivity contribution in [3.8, 4) is 17.2 Å². The molecule has 2 N–H and O–H groups in total. The molecule has 0 aliphatic carbocycles. The molecule has 0 fully saturated rings. The van der Waals surface area contributed by atoms with Crippen molar-refractivity contribution in [2.24, 2.45) is 10.7 Å².